The van der Waals surface area contributed by atoms with Gasteiger partial charge in [-0.2, -0.15) is 0 Å². The molecule has 0 aromatic carbocycles. The number of carbonyl (C=O) groups is 12. The molecule has 0 bridgehead atoms. The van der Waals surface area contributed by atoms with Crippen LogP contribution in [0.25, 0.3) is 0 Å². The van der Waals surface area contributed by atoms with Crippen LogP contribution in [-0.2, 0) is 62.3 Å². The Balaban J connectivity index is 1.15. The van der Waals surface area contributed by atoms with Crippen LogP contribution in [0.1, 0.15) is 203 Å². The van der Waals surface area contributed by atoms with Crippen LogP contribution < -0.4 is 53.6 Å². The number of amides is 10. The van der Waals surface area contributed by atoms with Crippen LogP contribution in [0.5, 0.6) is 0 Å². The van der Waals surface area contributed by atoms with E-state index < -0.39 is 161 Å². The lowest BCUT2D eigenvalue weighted by molar-refractivity contribution is -0.170. The second kappa shape index (κ2) is 31.2. The van der Waals surface area contributed by atoms with Gasteiger partial charge in [0.2, 0.25) is 59.1 Å². The van der Waals surface area contributed by atoms with Crippen molar-refractivity contribution in [3.8, 4) is 0 Å². The molecule has 6 rings (SSSR count). The Hall–Kier alpha value is -6.48. The van der Waals surface area contributed by atoms with Gasteiger partial charge in [0.25, 0.3) is 0 Å². The van der Waals surface area contributed by atoms with Crippen LogP contribution in [-0.4, -0.2) is 169 Å². The highest BCUT2D eigenvalue weighted by Crippen LogP contribution is 2.51. The maximum absolute atomic E-state index is 14.9. The van der Waals surface area contributed by atoms with Gasteiger partial charge in [0.05, 0.1) is 32.2 Å². The lowest BCUT2D eigenvalue weighted by atomic mass is 9.99. The molecule has 5 saturated carbocycles. The first-order valence-corrected chi connectivity index (χ1v) is 32.9. The van der Waals surface area contributed by atoms with Crippen molar-refractivity contribution in [3.05, 3.63) is 0 Å². The Morgan fingerprint density at radius 2 is 0.867 bits per heavy atom. The molecule has 6 aliphatic rings. The molecule has 0 radical (unpaired) electrons. The Morgan fingerprint density at radius 1 is 0.500 bits per heavy atom. The average Bonchev–Trinajstić information content (AvgIpc) is 1.62. The van der Waals surface area contributed by atoms with Crippen molar-refractivity contribution in [1.82, 2.24) is 47.9 Å². The lowest BCUT2D eigenvalue weighted by Gasteiger charge is -2.29. The Morgan fingerprint density at radius 3 is 1.27 bits per heavy atom. The van der Waals surface area contributed by atoms with Crippen LogP contribution >= 0.6 is 0 Å². The van der Waals surface area contributed by atoms with Gasteiger partial charge in [-0.15, -0.1) is 0 Å². The first-order valence-electron chi connectivity index (χ1n) is 32.9. The normalized spacial score (nSPS) is 29.5. The van der Waals surface area contributed by atoms with Gasteiger partial charge >= 0.3 is 11.9 Å². The molecule has 1 heterocycles. The summed E-state index contributed by atoms with van der Waals surface area (Å²) in [5, 5.41) is 65.4. The molecule has 6 fully saturated rings. The summed E-state index contributed by atoms with van der Waals surface area (Å²) in [7, 11) is 0. The minimum Gasteiger partial charge on any atom is -0.481 e. The Labute approximate surface area is 527 Å². The number of rotatable bonds is 43. The average molecular weight is 1270 g/mol. The second-order valence-electron chi connectivity index (χ2n) is 27.4. The summed E-state index contributed by atoms with van der Waals surface area (Å²) in [5.74, 6) is -13.9. The van der Waals surface area contributed by atoms with E-state index in [2.05, 4.69) is 61.7 Å². The van der Waals surface area contributed by atoms with Crippen LogP contribution in [0.2, 0.25) is 0 Å². The standard InChI is InChI=1S/C63H102N10O17/c1-8-10-12-14-17-21-38-27-59(38,54(64)85)70-50(80)45(32-74)68-58(89)63(31-43(63)53(83)84)72-49(79)44(25-35(3)4)65-56(87)61(29-40(61)23-19-16-20-24-41-26-48(78)90-41)71-51(81)46(33-75)67-57(88)62(30-42(62)36(5)6)73-52(82)47(34-76)66-55(86)60(69-37(7)77)28-39(60)22-18-15-13-11-9-2/h35-36,38-47,74-76H,8-34H2,1-7H3,(H2,64,85)(H,65,87)(H,66,86)(H,67,88)(H,68,89)(H,69,77)(H,70,80)(H,71,81)(H,72,79)(H,73,82)(H,83,84)/t38?,39?,40?,41?,42?,43?,44-,45-,46-,47?,59?,60?,61?,62?,63?/m1/s1. The largest absolute Gasteiger partial charge is 0.481 e. The third-order valence-electron chi connectivity index (χ3n) is 19.6. The number of aliphatic hydroxyl groups is 3. The molecule has 10 amide bonds. The van der Waals surface area contributed by atoms with E-state index in [-0.39, 0.29) is 61.4 Å². The van der Waals surface area contributed by atoms with Crippen molar-refractivity contribution >= 4 is 71.0 Å². The lowest BCUT2D eigenvalue weighted by Crippen LogP contribution is -2.64. The van der Waals surface area contributed by atoms with E-state index in [1.54, 1.807) is 13.8 Å². The Kier molecular flexibility index (Phi) is 25.2. The van der Waals surface area contributed by atoms with Gasteiger partial charge in [-0.25, -0.2) is 0 Å². The topological polar surface area (TPSA) is 429 Å². The van der Waals surface area contributed by atoms with Crippen LogP contribution in [0.3, 0.4) is 0 Å². The van der Waals surface area contributed by atoms with E-state index in [1.807, 2.05) is 13.8 Å². The van der Waals surface area contributed by atoms with Gasteiger partial charge in [0, 0.05) is 6.92 Å². The number of nitrogens with two attached hydrogens (primary N) is 1. The quantitative estimate of drug-likeness (QED) is 0.0293. The zero-order valence-electron chi connectivity index (χ0n) is 53.7. The molecule has 0 spiro atoms. The van der Waals surface area contributed by atoms with Crippen molar-refractivity contribution < 1.29 is 82.7 Å². The summed E-state index contributed by atoms with van der Waals surface area (Å²) in [6.45, 7) is 9.75. The summed E-state index contributed by atoms with van der Waals surface area (Å²) >= 11 is 0. The van der Waals surface area contributed by atoms with Crippen molar-refractivity contribution in [3.63, 3.8) is 0 Å². The number of carboxylic acid groups (broad SMARTS) is 1. The number of aliphatic carboxylic acids is 1. The highest BCUT2D eigenvalue weighted by molar-refractivity contribution is 6.06. The number of esters is 1. The van der Waals surface area contributed by atoms with E-state index in [9.17, 15) is 78.0 Å². The summed E-state index contributed by atoms with van der Waals surface area (Å²) in [6, 6.07) is -6.43. The maximum Gasteiger partial charge on any atom is 0.309 e. The predicted molar refractivity (Wildman–Crippen MR) is 325 cm³/mol. The summed E-state index contributed by atoms with van der Waals surface area (Å²) in [6.07, 6.45) is 14.3. The molecule has 27 nitrogen and oxygen atoms in total. The fraction of sp³-hybridized carbons (Fsp3) is 0.810. The number of cyclic esters (lactones) is 1. The second-order valence-corrected chi connectivity index (χ2v) is 27.4. The summed E-state index contributed by atoms with van der Waals surface area (Å²) in [4.78, 5) is 163. The number of carbonyl (C=O) groups excluding carboxylic acids is 11. The van der Waals surface area contributed by atoms with E-state index in [1.165, 1.54) is 6.92 Å². The monoisotopic (exact) mass is 1270 g/mol. The van der Waals surface area contributed by atoms with Gasteiger partial charge in [-0.1, -0.05) is 119 Å². The number of hydrogen-bond acceptors (Lipinski definition) is 16. The van der Waals surface area contributed by atoms with Crippen molar-refractivity contribution in [2.45, 2.75) is 261 Å². The summed E-state index contributed by atoms with van der Waals surface area (Å²) < 4.78 is 5.14. The van der Waals surface area contributed by atoms with Crippen LogP contribution in [0.4, 0.5) is 0 Å². The molecule has 506 valence electrons. The number of nitrogens with one attached hydrogen (secondary N) is 9. The highest BCUT2D eigenvalue weighted by Gasteiger charge is 2.68. The number of carboxylic acids is 1. The van der Waals surface area contributed by atoms with Crippen LogP contribution in [0.15, 0.2) is 0 Å². The number of aliphatic hydroxyl groups excluding tert-OH is 3. The van der Waals surface area contributed by atoms with Gasteiger partial charge in [-0.3, -0.25) is 57.5 Å². The molecule has 15 atom stereocenters. The molecule has 1 aliphatic heterocycles. The smallest absolute Gasteiger partial charge is 0.309 e. The third kappa shape index (κ3) is 17.6. The number of hydrogen-bond donors (Lipinski definition) is 14. The molecule has 0 aromatic heterocycles. The molecular weight excluding hydrogens is 1170 g/mol. The number of primary amides is 1. The number of ether oxygens (including phenoxy) is 1. The fourth-order valence-corrected chi connectivity index (χ4v) is 13.5. The molecule has 5 aliphatic carbocycles. The molecule has 12 unspecified atom stereocenters. The van der Waals surface area contributed by atoms with Crippen molar-refractivity contribution in [2.75, 3.05) is 19.8 Å². The minimum absolute atomic E-state index is 0.0360. The molecule has 0 aromatic rings. The maximum atomic E-state index is 14.9. The minimum atomic E-state index is -2.17. The third-order valence-corrected chi connectivity index (χ3v) is 19.6. The highest BCUT2D eigenvalue weighted by atomic mass is 16.6. The van der Waals surface area contributed by atoms with E-state index in [0.29, 0.717) is 57.8 Å². The molecule has 15 N–H and O–H groups in total. The first-order chi connectivity index (χ1) is 42.6. The summed E-state index contributed by atoms with van der Waals surface area (Å²) in [5.41, 5.74) is -2.52. The van der Waals surface area contributed by atoms with E-state index >= 15 is 0 Å². The van der Waals surface area contributed by atoms with Crippen LogP contribution in [0, 0.1) is 41.4 Å². The zero-order valence-corrected chi connectivity index (χ0v) is 53.7. The zero-order chi connectivity index (χ0) is 66.5. The Bertz CT molecular complexity index is 2650. The van der Waals surface area contributed by atoms with Gasteiger partial charge in [0.15, 0.2) is 0 Å². The van der Waals surface area contributed by atoms with Gasteiger partial charge in [0.1, 0.15) is 58.0 Å². The van der Waals surface area contributed by atoms with Gasteiger partial charge < -0.3 is 78.7 Å². The van der Waals surface area contributed by atoms with E-state index in [0.717, 1.165) is 64.2 Å². The van der Waals surface area contributed by atoms with Gasteiger partial charge in [-0.05, 0) is 106 Å². The van der Waals surface area contributed by atoms with Crippen molar-refractivity contribution in [1.29, 1.82) is 0 Å². The first kappa shape index (κ1) is 72.6. The van der Waals surface area contributed by atoms with E-state index in [4.69, 9.17) is 10.5 Å². The fourth-order valence-electron chi connectivity index (χ4n) is 13.5. The molecule has 90 heavy (non-hydrogen) atoms. The number of unbranched alkanes of at least 4 members (excludes halogenated alkanes) is 10. The van der Waals surface area contributed by atoms with Crippen molar-refractivity contribution in [2.24, 2.45) is 47.2 Å². The predicted octanol–water partition coefficient (Wildman–Crippen LogP) is 0.556. The SMILES string of the molecule is CCCCCCCC1CC1(NC(=O)[C@@H](CO)NC(=O)C1(NC(=O)[C@@H](CC(C)C)NC(=O)C2(NC(=O)[C@@H](CO)NC(=O)C3(NC(=O)C(CO)NC(=O)C4(NC(C)=O)CC4CCCCCCC)CC3C(C)C)CC2CCCCCC2CC(=O)O2)CC1C(=O)O)C(N)=O. The molecule has 1 saturated heterocycles. The molecule has 27 heteroatoms. The molecular formula is C63H102N10O17.